The maximum atomic E-state index is 12.6. The van der Waals surface area contributed by atoms with Crippen LogP contribution in [-0.2, 0) is 20.0 Å². The lowest BCUT2D eigenvalue weighted by Crippen LogP contribution is -2.43. The minimum atomic E-state index is -3.03. The zero-order chi connectivity index (χ0) is 16.5. The van der Waals surface area contributed by atoms with Gasteiger partial charge in [-0.25, -0.2) is 8.42 Å². The standard InChI is InChI=1S/C14H20N2O4S2/c1-14(2,3)11-8-10(12(21-11)15-9-17)13(18)16-4-6-22(19,20)7-5-16/h8-9H,4-7H2,1-3H3,(H,15,17). The molecule has 0 aliphatic carbocycles. The van der Waals surface area contributed by atoms with Gasteiger partial charge in [0.25, 0.3) is 5.91 Å². The second-order valence-corrected chi connectivity index (χ2v) is 9.67. The molecule has 1 aliphatic rings. The summed E-state index contributed by atoms with van der Waals surface area (Å²) < 4.78 is 22.9. The third-order valence-electron chi connectivity index (χ3n) is 3.52. The molecule has 1 aromatic rings. The van der Waals surface area contributed by atoms with Crippen LogP contribution in [0, 0.1) is 0 Å². The van der Waals surface area contributed by atoms with Crippen LogP contribution in [0.25, 0.3) is 0 Å². The molecule has 2 amide bonds. The molecular formula is C14H20N2O4S2. The fraction of sp³-hybridized carbons (Fsp3) is 0.571. The van der Waals surface area contributed by atoms with Crippen LogP contribution in [-0.4, -0.2) is 50.2 Å². The zero-order valence-corrected chi connectivity index (χ0v) is 14.5. The molecule has 1 aliphatic heterocycles. The fourth-order valence-electron chi connectivity index (χ4n) is 2.17. The van der Waals surface area contributed by atoms with E-state index >= 15 is 0 Å². The van der Waals surface area contributed by atoms with Crippen molar-refractivity contribution in [3.05, 3.63) is 16.5 Å². The third kappa shape index (κ3) is 3.67. The number of sulfone groups is 1. The van der Waals surface area contributed by atoms with Crippen LogP contribution < -0.4 is 5.32 Å². The molecule has 0 atom stereocenters. The molecule has 0 bridgehead atoms. The van der Waals surface area contributed by atoms with Crippen molar-refractivity contribution in [1.82, 2.24) is 4.90 Å². The first kappa shape index (κ1) is 17.0. The Hall–Kier alpha value is -1.41. The zero-order valence-electron chi connectivity index (χ0n) is 12.9. The lowest BCUT2D eigenvalue weighted by Gasteiger charge is -2.26. The van der Waals surface area contributed by atoms with E-state index in [-0.39, 0.29) is 35.9 Å². The van der Waals surface area contributed by atoms with E-state index in [1.807, 2.05) is 20.8 Å². The van der Waals surface area contributed by atoms with Gasteiger partial charge in [-0.15, -0.1) is 11.3 Å². The van der Waals surface area contributed by atoms with Crippen molar-refractivity contribution in [2.45, 2.75) is 26.2 Å². The molecule has 22 heavy (non-hydrogen) atoms. The van der Waals surface area contributed by atoms with Gasteiger partial charge < -0.3 is 10.2 Å². The largest absolute Gasteiger partial charge is 0.337 e. The highest BCUT2D eigenvalue weighted by molar-refractivity contribution is 7.91. The molecule has 1 aromatic heterocycles. The van der Waals surface area contributed by atoms with E-state index in [9.17, 15) is 18.0 Å². The quantitative estimate of drug-likeness (QED) is 0.842. The molecular weight excluding hydrogens is 324 g/mol. The Bertz CT molecular complexity index is 672. The number of nitrogens with one attached hydrogen (secondary N) is 1. The number of carbonyl (C=O) groups is 2. The van der Waals surface area contributed by atoms with Crippen molar-refractivity contribution in [3.63, 3.8) is 0 Å². The summed E-state index contributed by atoms with van der Waals surface area (Å²) in [5.41, 5.74) is 0.301. The molecule has 0 aromatic carbocycles. The molecule has 6 nitrogen and oxygen atoms in total. The summed E-state index contributed by atoms with van der Waals surface area (Å²) in [6.07, 6.45) is 0.551. The van der Waals surface area contributed by atoms with Crippen LogP contribution >= 0.6 is 11.3 Å². The minimum absolute atomic E-state index is 0.00848. The number of thiophene rings is 1. The van der Waals surface area contributed by atoms with Crippen LogP contribution in [0.2, 0.25) is 0 Å². The second kappa shape index (κ2) is 6.00. The van der Waals surface area contributed by atoms with Gasteiger partial charge in [-0.3, -0.25) is 9.59 Å². The Morgan fingerprint density at radius 3 is 2.41 bits per heavy atom. The normalized spacial score (nSPS) is 18.0. The maximum Gasteiger partial charge on any atom is 0.256 e. The van der Waals surface area contributed by atoms with Crippen molar-refractivity contribution in [1.29, 1.82) is 0 Å². The van der Waals surface area contributed by atoms with Gasteiger partial charge in [0.05, 0.1) is 17.1 Å². The highest BCUT2D eigenvalue weighted by atomic mass is 32.2. The molecule has 0 unspecified atom stereocenters. The highest BCUT2D eigenvalue weighted by Gasteiger charge is 2.29. The van der Waals surface area contributed by atoms with Crippen molar-refractivity contribution in [2.75, 3.05) is 29.9 Å². The molecule has 0 spiro atoms. The summed E-state index contributed by atoms with van der Waals surface area (Å²) in [6.45, 7) is 6.49. The Labute approximate surface area is 134 Å². The maximum absolute atomic E-state index is 12.6. The van der Waals surface area contributed by atoms with E-state index in [0.717, 1.165) is 4.88 Å². The summed E-state index contributed by atoms with van der Waals surface area (Å²) in [5, 5.41) is 3.09. The smallest absolute Gasteiger partial charge is 0.256 e. The second-order valence-electron chi connectivity index (χ2n) is 6.31. The van der Waals surface area contributed by atoms with Crippen LogP contribution in [0.1, 0.15) is 36.0 Å². The Morgan fingerprint density at radius 1 is 1.32 bits per heavy atom. The van der Waals surface area contributed by atoms with Gasteiger partial charge in [-0.1, -0.05) is 20.8 Å². The molecule has 122 valence electrons. The Balaban J connectivity index is 2.29. The number of carbonyl (C=O) groups excluding carboxylic acids is 2. The SMILES string of the molecule is CC(C)(C)c1cc(C(=O)N2CCS(=O)(=O)CC2)c(NC=O)s1. The number of nitrogens with zero attached hydrogens (tertiary/aromatic N) is 1. The summed E-state index contributed by atoms with van der Waals surface area (Å²) in [7, 11) is -3.03. The first-order valence-corrected chi connectivity index (χ1v) is 9.62. The highest BCUT2D eigenvalue weighted by Crippen LogP contribution is 2.36. The molecule has 1 saturated heterocycles. The van der Waals surface area contributed by atoms with Gasteiger partial charge >= 0.3 is 0 Å². The van der Waals surface area contributed by atoms with Gasteiger partial charge in [0.1, 0.15) is 5.00 Å². The summed E-state index contributed by atoms with van der Waals surface area (Å²) in [5.74, 6) is -0.248. The monoisotopic (exact) mass is 344 g/mol. The van der Waals surface area contributed by atoms with E-state index < -0.39 is 9.84 Å². The summed E-state index contributed by atoms with van der Waals surface area (Å²) in [6, 6.07) is 1.79. The molecule has 1 N–H and O–H groups in total. The van der Waals surface area contributed by atoms with Crippen molar-refractivity contribution in [2.24, 2.45) is 0 Å². The van der Waals surface area contributed by atoms with Gasteiger partial charge in [0, 0.05) is 18.0 Å². The van der Waals surface area contributed by atoms with Crippen molar-refractivity contribution < 1.29 is 18.0 Å². The number of rotatable bonds is 3. The van der Waals surface area contributed by atoms with E-state index in [2.05, 4.69) is 5.32 Å². The van der Waals surface area contributed by atoms with Crippen molar-refractivity contribution in [3.8, 4) is 0 Å². The summed E-state index contributed by atoms with van der Waals surface area (Å²) >= 11 is 1.38. The average molecular weight is 344 g/mol. The Kier molecular flexibility index (Phi) is 4.62. The molecule has 0 saturated carbocycles. The van der Waals surface area contributed by atoms with Gasteiger partial charge in [0.15, 0.2) is 9.84 Å². The first-order chi connectivity index (χ1) is 10.1. The average Bonchev–Trinajstić information content (AvgIpc) is 2.82. The van der Waals surface area contributed by atoms with Gasteiger partial charge in [-0.2, -0.15) is 0 Å². The van der Waals surface area contributed by atoms with Crippen LogP contribution in [0.15, 0.2) is 6.07 Å². The van der Waals surface area contributed by atoms with E-state index in [1.54, 1.807) is 6.07 Å². The van der Waals surface area contributed by atoms with Crippen molar-refractivity contribution >= 4 is 38.5 Å². The topological polar surface area (TPSA) is 83.6 Å². The van der Waals surface area contributed by atoms with Crippen LogP contribution in [0.5, 0.6) is 0 Å². The molecule has 0 radical (unpaired) electrons. The van der Waals surface area contributed by atoms with Gasteiger partial charge in [0.2, 0.25) is 6.41 Å². The predicted molar refractivity (Wildman–Crippen MR) is 87.3 cm³/mol. The lowest BCUT2D eigenvalue weighted by molar-refractivity contribution is -0.105. The molecule has 2 heterocycles. The predicted octanol–water partition coefficient (Wildman–Crippen LogP) is 1.48. The minimum Gasteiger partial charge on any atom is -0.337 e. The van der Waals surface area contributed by atoms with Crippen LogP contribution in [0.4, 0.5) is 5.00 Å². The number of hydrogen-bond donors (Lipinski definition) is 1. The number of amides is 2. The molecule has 8 heteroatoms. The fourth-order valence-corrected chi connectivity index (χ4v) is 4.43. The first-order valence-electron chi connectivity index (χ1n) is 6.98. The molecule has 2 rings (SSSR count). The van der Waals surface area contributed by atoms with Crippen LogP contribution in [0.3, 0.4) is 0 Å². The summed E-state index contributed by atoms with van der Waals surface area (Å²) in [4.78, 5) is 25.9. The lowest BCUT2D eigenvalue weighted by atomic mass is 9.94. The van der Waals surface area contributed by atoms with E-state index in [4.69, 9.17) is 0 Å². The number of hydrogen-bond acceptors (Lipinski definition) is 5. The number of anilines is 1. The molecule has 1 fully saturated rings. The van der Waals surface area contributed by atoms with E-state index in [0.29, 0.717) is 17.0 Å². The van der Waals surface area contributed by atoms with Gasteiger partial charge in [-0.05, 0) is 11.5 Å². The van der Waals surface area contributed by atoms with E-state index in [1.165, 1.54) is 16.2 Å². The Morgan fingerprint density at radius 2 is 1.91 bits per heavy atom. The third-order valence-corrected chi connectivity index (χ3v) is 6.62.